The Morgan fingerprint density at radius 1 is 0.593 bits per heavy atom. The zero-order valence-corrected chi connectivity index (χ0v) is 38.5. The monoisotopic (exact) mass is 848 g/mol. The largest absolute Gasteiger partial charge is 0.392 e. The van der Waals surface area contributed by atoms with Crippen molar-refractivity contribution < 1.29 is 10.2 Å². The summed E-state index contributed by atoms with van der Waals surface area (Å²) in [5, 5.41) is 25.5. The number of nitrogens with one attached hydrogen (secondary N) is 1. The van der Waals surface area contributed by atoms with Crippen LogP contribution < -0.4 is 5.32 Å². The number of likely N-dealkylation sites (tertiary alicyclic amines) is 1. The Morgan fingerprint density at radius 2 is 1.00 bits per heavy atom. The molecule has 7 rings (SSSR count). The van der Waals surface area contributed by atoms with Gasteiger partial charge in [-0.2, -0.15) is 54.0 Å². The van der Waals surface area contributed by atoms with Gasteiger partial charge < -0.3 is 15.5 Å². The highest BCUT2D eigenvalue weighted by Gasteiger charge is 2.49. The standard InChI is InChI=1S/C31H39NOSi.C12H25NOSi.CH4.4H2S/c1-34(23-12-5-13-24-34)25-30(33)29-21-14-22-32(29)31(26-15-6-2-7-16-26,27-17-8-3-9-18-27)28-19-10-4-11-20-28;1-15(8-3-2-4-9-15)10-12(14)11-6-5-7-13-11;;;;;/h2-4,6-11,15-20,29-30,33H,5,12-14,21-25H2,1H3;11-14H,2-10H2,1H3;1H4;4*1H2/t29-,30+;11-,12+;;;;;/m00...../s1. The topological polar surface area (TPSA) is 55.7 Å². The smallest absolute Gasteiger partial charge is 0.0976 e. The van der Waals surface area contributed by atoms with Gasteiger partial charge in [0.2, 0.25) is 0 Å². The third kappa shape index (κ3) is 12.4. The second-order valence-corrected chi connectivity index (χ2v) is 26.8. The van der Waals surface area contributed by atoms with Gasteiger partial charge in [0.1, 0.15) is 0 Å². The normalized spacial score (nSPS) is 22.9. The molecule has 3 aromatic rings. The van der Waals surface area contributed by atoms with E-state index in [1.807, 2.05) is 0 Å². The van der Waals surface area contributed by atoms with Crippen molar-refractivity contribution in [1.82, 2.24) is 10.2 Å². The van der Waals surface area contributed by atoms with Gasteiger partial charge in [-0.15, -0.1) is 0 Å². The van der Waals surface area contributed by atoms with Crippen molar-refractivity contribution in [2.45, 2.75) is 151 Å². The van der Waals surface area contributed by atoms with E-state index < -0.39 is 21.7 Å². The summed E-state index contributed by atoms with van der Waals surface area (Å²) in [7, 11) is -2.43. The molecule has 4 aliphatic heterocycles. The molecule has 0 aromatic heterocycles. The molecule has 0 saturated carbocycles. The molecule has 0 aliphatic carbocycles. The number of hydrogen-bond donors (Lipinski definition) is 3. The summed E-state index contributed by atoms with van der Waals surface area (Å²) in [6.45, 7) is 7.16. The summed E-state index contributed by atoms with van der Waals surface area (Å²) in [5.74, 6) is 0. The van der Waals surface area contributed by atoms with Crippen molar-refractivity contribution in [3.63, 3.8) is 0 Å². The van der Waals surface area contributed by atoms with Crippen LogP contribution >= 0.6 is 54.0 Å². The highest BCUT2D eigenvalue weighted by Crippen LogP contribution is 2.47. The molecule has 0 unspecified atom stereocenters. The lowest BCUT2D eigenvalue weighted by molar-refractivity contribution is 0.0426. The lowest BCUT2D eigenvalue weighted by atomic mass is 9.75. The van der Waals surface area contributed by atoms with Gasteiger partial charge in [0.15, 0.2) is 0 Å². The highest BCUT2D eigenvalue weighted by molar-refractivity contribution is 7.59. The Labute approximate surface area is 359 Å². The molecule has 0 amide bonds. The second kappa shape index (κ2) is 24.3. The van der Waals surface area contributed by atoms with Gasteiger partial charge in [0.05, 0.1) is 33.9 Å². The SMILES string of the molecule is C.C[Si]1(C[C@@H](O)[C@@H]2CCCN2)CCCCC1.C[Si]1(C[C@@H](O)[C@@H]2CCCN2C(c2ccccc2)(c2ccccc2)c2ccccc2)CCCCC1.S.S.S.S. The minimum atomic E-state index is -1.37. The van der Waals surface area contributed by atoms with Crippen molar-refractivity contribution >= 4 is 70.1 Å². The van der Waals surface area contributed by atoms with Crippen LogP contribution in [0.3, 0.4) is 0 Å². The van der Waals surface area contributed by atoms with E-state index in [4.69, 9.17) is 0 Å². The molecule has 306 valence electrons. The molecule has 4 nitrogen and oxygen atoms in total. The Kier molecular flexibility index (Phi) is 23.1. The van der Waals surface area contributed by atoms with Crippen molar-refractivity contribution in [2.24, 2.45) is 0 Å². The fourth-order valence-corrected chi connectivity index (χ4v) is 18.5. The minimum Gasteiger partial charge on any atom is -0.392 e. The van der Waals surface area contributed by atoms with E-state index in [0.29, 0.717) is 6.04 Å². The molecular formula is C44H76N2O2S4Si2. The summed E-state index contributed by atoms with van der Waals surface area (Å²) in [5.41, 5.74) is 3.44. The Bertz CT molecular complexity index is 1310. The Hall–Kier alpha value is -0.666. The maximum atomic E-state index is 11.8. The molecular weight excluding hydrogens is 773 g/mol. The summed E-state index contributed by atoms with van der Waals surface area (Å²) in [6, 6.07) is 41.4. The number of nitrogens with zero attached hydrogens (tertiary/aromatic N) is 1. The van der Waals surface area contributed by atoms with Crippen molar-refractivity contribution in [3.05, 3.63) is 108 Å². The fourth-order valence-electron chi connectivity index (χ4n) is 10.2. The molecule has 4 saturated heterocycles. The maximum absolute atomic E-state index is 11.8. The molecule has 4 atom stereocenters. The van der Waals surface area contributed by atoms with E-state index in [1.165, 1.54) is 92.2 Å². The first kappa shape index (κ1) is 51.4. The molecule has 4 heterocycles. The lowest BCUT2D eigenvalue weighted by Gasteiger charge is -2.48. The van der Waals surface area contributed by atoms with E-state index in [-0.39, 0.29) is 79.7 Å². The number of benzene rings is 3. The van der Waals surface area contributed by atoms with Gasteiger partial charge in [-0.25, -0.2) is 0 Å². The maximum Gasteiger partial charge on any atom is 0.0976 e. The zero-order valence-electron chi connectivity index (χ0n) is 32.5. The lowest BCUT2D eigenvalue weighted by Crippen LogP contribution is -2.55. The predicted octanol–water partition coefficient (Wildman–Crippen LogP) is 10.5. The minimum absolute atomic E-state index is 0. The summed E-state index contributed by atoms with van der Waals surface area (Å²) < 4.78 is 0. The van der Waals surface area contributed by atoms with Gasteiger partial charge in [-0.3, -0.25) is 4.90 Å². The third-order valence-corrected chi connectivity index (χ3v) is 21.9. The van der Waals surface area contributed by atoms with Crippen LogP contribution in [-0.4, -0.2) is 68.6 Å². The van der Waals surface area contributed by atoms with Crippen LogP contribution in [0.5, 0.6) is 0 Å². The zero-order chi connectivity index (χ0) is 34.2. The van der Waals surface area contributed by atoms with Crippen LogP contribution in [0.4, 0.5) is 0 Å². The fraction of sp³-hybridized carbons (Fsp3) is 0.591. The van der Waals surface area contributed by atoms with E-state index in [0.717, 1.165) is 38.0 Å². The first-order chi connectivity index (χ1) is 23.8. The van der Waals surface area contributed by atoms with Crippen LogP contribution in [0.25, 0.3) is 0 Å². The van der Waals surface area contributed by atoms with Crippen LogP contribution in [-0.2, 0) is 5.54 Å². The molecule has 0 spiro atoms. The van der Waals surface area contributed by atoms with Crippen molar-refractivity contribution in [1.29, 1.82) is 0 Å². The first-order valence-corrected chi connectivity index (χ1v) is 26.1. The van der Waals surface area contributed by atoms with E-state index in [1.54, 1.807) is 0 Å². The van der Waals surface area contributed by atoms with Crippen LogP contribution in [0.2, 0.25) is 49.4 Å². The van der Waals surface area contributed by atoms with Gasteiger partial charge in [0.25, 0.3) is 0 Å². The second-order valence-electron chi connectivity index (χ2n) is 16.7. The highest BCUT2D eigenvalue weighted by atomic mass is 32.1. The van der Waals surface area contributed by atoms with Crippen molar-refractivity contribution in [3.8, 4) is 0 Å². The predicted molar refractivity (Wildman–Crippen MR) is 260 cm³/mol. The molecule has 0 radical (unpaired) electrons. The number of aliphatic hydroxyl groups excluding tert-OH is 2. The van der Waals surface area contributed by atoms with Crippen molar-refractivity contribution in [2.75, 3.05) is 13.1 Å². The van der Waals surface area contributed by atoms with Crippen LogP contribution in [0.15, 0.2) is 91.0 Å². The quantitative estimate of drug-likeness (QED) is 0.141. The molecule has 4 fully saturated rings. The first-order valence-electron chi connectivity index (χ1n) is 19.9. The Balaban J connectivity index is 0.000000624. The number of hydrogen-bond acceptors (Lipinski definition) is 4. The molecule has 3 N–H and O–H groups in total. The van der Waals surface area contributed by atoms with Gasteiger partial charge >= 0.3 is 0 Å². The van der Waals surface area contributed by atoms with Crippen LogP contribution in [0, 0.1) is 0 Å². The summed E-state index contributed by atoms with van der Waals surface area (Å²) in [4.78, 5) is 2.66. The third-order valence-electron chi connectivity index (χ3n) is 12.8. The number of aliphatic hydroxyl groups is 2. The Morgan fingerprint density at radius 3 is 1.39 bits per heavy atom. The van der Waals surface area contributed by atoms with Crippen LogP contribution in [0.1, 0.15) is 88.3 Å². The van der Waals surface area contributed by atoms with E-state index >= 15 is 0 Å². The summed E-state index contributed by atoms with van der Waals surface area (Å²) >= 11 is 0. The molecule has 3 aromatic carbocycles. The van der Waals surface area contributed by atoms with Gasteiger partial charge in [-0.05, 0) is 61.0 Å². The average molecular weight is 850 g/mol. The van der Waals surface area contributed by atoms with E-state index in [2.05, 4.69) is 114 Å². The molecule has 54 heavy (non-hydrogen) atoms. The van der Waals surface area contributed by atoms with E-state index in [9.17, 15) is 10.2 Å². The van der Waals surface area contributed by atoms with Gasteiger partial charge in [0, 0.05) is 18.6 Å². The van der Waals surface area contributed by atoms with Gasteiger partial charge in [-0.1, -0.05) is 174 Å². The summed E-state index contributed by atoms with van der Waals surface area (Å²) in [6.07, 6.45) is 12.7. The molecule has 0 bridgehead atoms. The molecule has 4 aliphatic rings. The number of rotatable bonds is 10. The molecule has 10 heteroatoms. The average Bonchev–Trinajstić information content (AvgIpc) is 3.85.